The monoisotopic (exact) mass is 381 g/mol. The summed E-state index contributed by atoms with van der Waals surface area (Å²) in [7, 11) is 0. The lowest BCUT2D eigenvalue weighted by Gasteiger charge is -2.05. The van der Waals surface area contributed by atoms with Gasteiger partial charge in [-0.3, -0.25) is 5.32 Å². The van der Waals surface area contributed by atoms with Crippen LogP contribution in [-0.4, -0.2) is 11.0 Å². The minimum Gasteiger partial charge on any atom is -0.308 e. The van der Waals surface area contributed by atoms with E-state index < -0.39 is 6.03 Å². The summed E-state index contributed by atoms with van der Waals surface area (Å²) in [6.45, 7) is 0. The van der Waals surface area contributed by atoms with Crippen LogP contribution in [0.5, 0.6) is 0 Å². The lowest BCUT2D eigenvalue weighted by Crippen LogP contribution is -2.19. The number of halogens is 3. The molecule has 0 fully saturated rings. The molecule has 0 unspecified atom stereocenters. The Morgan fingerprint density at radius 1 is 1.08 bits per heavy atom. The van der Waals surface area contributed by atoms with Gasteiger partial charge in [0.1, 0.15) is 5.82 Å². The first-order chi connectivity index (χ1) is 11.5. The van der Waals surface area contributed by atoms with Crippen LogP contribution in [-0.2, 0) is 0 Å². The van der Waals surface area contributed by atoms with Gasteiger partial charge in [-0.25, -0.2) is 14.2 Å². The van der Waals surface area contributed by atoms with E-state index in [1.165, 1.54) is 35.6 Å². The van der Waals surface area contributed by atoms with Gasteiger partial charge in [0.15, 0.2) is 5.13 Å². The van der Waals surface area contributed by atoms with Gasteiger partial charge in [0.05, 0.1) is 10.7 Å². The zero-order valence-corrected chi connectivity index (χ0v) is 14.3. The maximum atomic E-state index is 12.8. The number of nitrogens with zero attached hydrogens (tertiary/aromatic N) is 1. The van der Waals surface area contributed by atoms with E-state index in [1.807, 2.05) is 0 Å². The Balaban J connectivity index is 1.70. The number of benzene rings is 2. The quantitative estimate of drug-likeness (QED) is 0.593. The van der Waals surface area contributed by atoms with Crippen molar-refractivity contribution < 1.29 is 9.18 Å². The molecule has 2 amide bonds. The molecule has 0 aliphatic carbocycles. The van der Waals surface area contributed by atoms with Crippen LogP contribution in [0.3, 0.4) is 0 Å². The van der Waals surface area contributed by atoms with Crippen molar-refractivity contribution in [2.75, 3.05) is 10.6 Å². The fourth-order valence-corrected chi connectivity index (χ4v) is 3.03. The van der Waals surface area contributed by atoms with Crippen molar-refractivity contribution in [3.8, 4) is 11.3 Å². The smallest absolute Gasteiger partial charge is 0.308 e. The summed E-state index contributed by atoms with van der Waals surface area (Å²) in [5, 5.41) is 8.45. The van der Waals surface area contributed by atoms with E-state index in [4.69, 9.17) is 23.2 Å². The maximum absolute atomic E-state index is 12.8. The van der Waals surface area contributed by atoms with E-state index in [0.717, 1.165) is 0 Å². The molecule has 0 radical (unpaired) electrons. The standard InChI is InChI=1S/C16H10Cl2FN3OS/c17-9-1-6-13(18)12(7-9)14-8-24-16(21-14)22-15(23)20-11-4-2-10(19)3-5-11/h1-8H,(H2,20,21,22,23). The van der Waals surface area contributed by atoms with Crippen LogP contribution in [0.4, 0.5) is 20.0 Å². The van der Waals surface area contributed by atoms with Crippen molar-refractivity contribution in [1.82, 2.24) is 4.98 Å². The molecule has 122 valence electrons. The van der Waals surface area contributed by atoms with Gasteiger partial charge in [-0.05, 0) is 42.5 Å². The van der Waals surface area contributed by atoms with Crippen molar-refractivity contribution in [1.29, 1.82) is 0 Å². The van der Waals surface area contributed by atoms with Crippen LogP contribution in [0.1, 0.15) is 0 Å². The molecule has 24 heavy (non-hydrogen) atoms. The molecule has 8 heteroatoms. The second-order valence-corrected chi connectivity index (χ2v) is 6.45. The Kier molecular flexibility index (Phi) is 4.99. The average molecular weight is 382 g/mol. The van der Waals surface area contributed by atoms with Gasteiger partial charge >= 0.3 is 6.03 Å². The highest BCUT2D eigenvalue weighted by molar-refractivity contribution is 7.14. The maximum Gasteiger partial charge on any atom is 0.325 e. The molecular weight excluding hydrogens is 372 g/mol. The Morgan fingerprint density at radius 3 is 2.58 bits per heavy atom. The molecule has 2 aromatic carbocycles. The van der Waals surface area contributed by atoms with E-state index in [1.54, 1.807) is 23.6 Å². The van der Waals surface area contributed by atoms with Crippen molar-refractivity contribution in [3.63, 3.8) is 0 Å². The molecule has 0 bridgehead atoms. The van der Waals surface area contributed by atoms with E-state index in [9.17, 15) is 9.18 Å². The molecule has 0 atom stereocenters. The van der Waals surface area contributed by atoms with Gasteiger partial charge in [0, 0.05) is 21.7 Å². The van der Waals surface area contributed by atoms with Gasteiger partial charge in [0.25, 0.3) is 0 Å². The first-order valence-corrected chi connectivity index (χ1v) is 8.39. The summed E-state index contributed by atoms with van der Waals surface area (Å²) >= 11 is 13.4. The summed E-state index contributed by atoms with van der Waals surface area (Å²) in [4.78, 5) is 16.3. The fraction of sp³-hybridized carbons (Fsp3) is 0. The Bertz CT molecular complexity index is 883. The van der Waals surface area contributed by atoms with Gasteiger partial charge in [-0.15, -0.1) is 11.3 Å². The van der Waals surface area contributed by atoms with E-state index in [-0.39, 0.29) is 5.82 Å². The lowest BCUT2D eigenvalue weighted by molar-refractivity contribution is 0.262. The highest BCUT2D eigenvalue weighted by Crippen LogP contribution is 2.32. The SMILES string of the molecule is O=C(Nc1ccc(F)cc1)Nc1nc(-c2cc(Cl)ccc2Cl)cs1. The minimum atomic E-state index is -0.473. The minimum absolute atomic E-state index is 0.371. The van der Waals surface area contributed by atoms with Gasteiger partial charge in [0.2, 0.25) is 0 Å². The van der Waals surface area contributed by atoms with E-state index >= 15 is 0 Å². The number of carbonyl (C=O) groups excluding carboxylic acids is 1. The summed E-state index contributed by atoms with van der Waals surface area (Å²) < 4.78 is 12.8. The van der Waals surface area contributed by atoms with Crippen molar-refractivity contribution in [3.05, 3.63) is 63.7 Å². The summed E-state index contributed by atoms with van der Waals surface area (Å²) in [5.41, 5.74) is 1.78. The Labute approximate surface area is 151 Å². The molecule has 2 N–H and O–H groups in total. The van der Waals surface area contributed by atoms with Crippen molar-refractivity contribution >= 4 is 51.4 Å². The van der Waals surface area contributed by atoms with E-state index in [0.29, 0.717) is 32.1 Å². The number of carbonyl (C=O) groups is 1. The first kappa shape index (κ1) is 16.7. The van der Waals surface area contributed by atoms with Gasteiger partial charge < -0.3 is 5.32 Å². The number of aromatic nitrogens is 1. The molecule has 3 aromatic rings. The second-order valence-electron chi connectivity index (χ2n) is 4.75. The number of rotatable bonds is 3. The third-order valence-electron chi connectivity index (χ3n) is 3.03. The van der Waals surface area contributed by atoms with Gasteiger partial charge in [-0.2, -0.15) is 0 Å². The molecule has 4 nitrogen and oxygen atoms in total. The summed E-state index contributed by atoms with van der Waals surface area (Å²) in [6, 6.07) is 10.1. The van der Waals surface area contributed by atoms with Crippen molar-refractivity contribution in [2.24, 2.45) is 0 Å². The normalized spacial score (nSPS) is 10.5. The summed E-state index contributed by atoms with van der Waals surface area (Å²) in [5.74, 6) is -0.371. The number of amides is 2. The number of hydrogen-bond donors (Lipinski definition) is 2. The third-order valence-corrected chi connectivity index (χ3v) is 4.35. The predicted molar refractivity (Wildman–Crippen MR) is 96.6 cm³/mol. The molecule has 0 spiro atoms. The molecule has 0 saturated carbocycles. The highest BCUT2D eigenvalue weighted by Gasteiger charge is 2.11. The predicted octanol–water partition coefficient (Wildman–Crippen LogP) is 5.90. The van der Waals surface area contributed by atoms with Crippen LogP contribution >= 0.6 is 34.5 Å². The molecule has 1 heterocycles. The Morgan fingerprint density at radius 2 is 1.83 bits per heavy atom. The van der Waals surface area contributed by atoms with Crippen LogP contribution in [0.25, 0.3) is 11.3 Å². The molecule has 3 rings (SSSR count). The highest BCUT2D eigenvalue weighted by atomic mass is 35.5. The van der Waals surface area contributed by atoms with Crippen LogP contribution < -0.4 is 10.6 Å². The van der Waals surface area contributed by atoms with E-state index in [2.05, 4.69) is 15.6 Å². The van der Waals surface area contributed by atoms with Crippen LogP contribution in [0, 0.1) is 5.82 Å². The topological polar surface area (TPSA) is 54.0 Å². The van der Waals surface area contributed by atoms with Gasteiger partial charge in [-0.1, -0.05) is 23.2 Å². The molecule has 1 aromatic heterocycles. The largest absolute Gasteiger partial charge is 0.325 e. The third kappa shape index (κ3) is 4.03. The Hall–Kier alpha value is -2.15. The zero-order valence-electron chi connectivity index (χ0n) is 12.0. The molecular formula is C16H10Cl2FN3OS. The average Bonchev–Trinajstić information content (AvgIpc) is 3.00. The lowest BCUT2D eigenvalue weighted by atomic mass is 10.2. The zero-order chi connectivity index (χ0) is 17.1. The number of urea groups is 1. The molecule has 0 aliphatic rings. The van der Waals surface area contributed by atoms with Crippen LogP contribution in [0.15, 0.2) is 47.8 Å². The number of thiazole rings is 1. The second kappa shape index (κ2) is 7.17. The van der Waals surface area contributed by atoms with Crippen LogP contribution in [0.2, 0.25) is 10.0 Å². The number of nitrogens with one attached hydrogen (secondary N) is 2. The fourth-order valence-electron chi connectivity index (χ4n) is 1.94. The molecule has 0 saturated heterocycles. The number of hydrogen-bond acceptors (Lipinski definition) is 3. The molecule has 0 aliphatic heterocycles. The first-order valence-electron chi connectivity index (χ1n) is 6.76. The summed E-state index contributed by atoms with van der Waals surface area (Å²) in [6.07, 6.45) is 0. The number of anilines is 2. The van der Waals surface area contributed by atoms with Crippen molar-refractivity contribution in [2.45, 2.75) is 0 Å².